The Morgan fingerprint density at radius 3 is 1.25 bits per heavy atom. The molecule has 1 fully saturated rings. The average Bonchev–Trinajstić information content (AvgIpc) is 2.87. The van der Waals surface area contributed by atoms with E-state index in [4.69, 9.17) is 0 Å². The van der Waals surface area contributed by atoms with Gasteiger partial charge in [-0.2, -0.15) is 0 Å². The molecule has 0 aliphatic carbocycles. The summed E-state index contributed by atoms with van der Waals surface area (Å²) in [6.45, 7) is 7.83. The molecule has 1 aliphatic rings. The lowest BCUT2D eigenvalue weighted by Crippen LogP contribution is -2.11. The molecule has 2 N–H and O–H groups in total. The number of hydrogen-bond acceptors (Lipinski definition) is 2. The van der Waals surface area contributed by atoms with Gasteiger partial charge in [0.2, 0.25) is 0 Å². The van der Waals surface area contributed by atoms with E-state index in [1.54, 1.807) is 0 Å². The molecular weight excluding hydrogens is 196 g/mol. The highest BCUT2D eigenvalue weighted by atomic mass is 15.1. The Labute approximate surface area is 103 Å². The fourth-order valence-electron chi connectivity index (χ4n) is 1.83. The number of unbranched alkanes of at least 4 members (excludes halogenated alkanes) is 8. The zero-order valence-electron chi connectivity index (χ0n) is 11.5. The molecule has 0 amide bonds. The Hall–Kier alpha value is -0.0800. The molecule has 0 saturated carbocycles. The van der Waals surface area contributed by atoms with Crippen LogP contribution in [0.4, 0.5) is 0 Å². The highest BCUT2D eigenvalue weighted by Crippen LogP contribution is 2.08. The van der Waals surface area contributed by atoms with E-state index < -0.39 is 0 Å². The van der Waals surface area contributed by atoms with Crippen molar-refractivity contribution in [3.8, 4) is 0 Å². The molecule has 0 aromatic heterocycles. The second-order valence-electron chi connectivity index (χ2n) is 4.65. The number of hydrogen-bond donors (Lipinski definition) is 2. The second kappa shape index (κ2) is 14.9. The van der Waals surface area contributed by atoms with E-state index in [9.17, 15) is 0 Å². The molecule has 0 aromatic carbocycles. The topological polar surface area (TPSA) is 24.1 Å². The van der Waals surface area contributed by atoms with E-state index in [1.807, 2.05) is 0 Å². The lowest BCUT2D eigenvalue weighted by atomic mass is 10.1. The highest BCUT2D eigenvalue weighted by molar-refractivity contribution is 4.55. The maximum absolute atomic E-state index is 3.11. The molecule has 98 valence electrons. The molecule has 2 heteroatoms. The molecule has 1 saturated heterocycles. The lowest BCUT2D eigenvalue weighted by molar-refractivity contribution is 0.572. The van der Waals surface area contributed by atoms with Crippen molar-refractivity contribution in [2.75, 3.05) is 19.8 Å². The Bertz CT molecular complexity index is 95.7. The first-order valence-electron chi connectivity index (χ1n) is 7.33. The van der Waals surface area contributed by atoms with Gasteiger partial charge in [0.05, 0.1) is 0 Å². The molecule has 2 nitrogen and oxygen atoms in total. The van der Waals surface area contributed by atoms with E-state index >= 15 is 0 Å². The Morgan fingerprint density at radius 2 is 1.00 bits per heavy atom. The van der Waals surface area contributed by atoms with E-state index in [0.717, 1.165) is 19.8 Å². The smallest absolute Gasteiger partial charge is 0.0455 e. The largest absolute Gasteiger partial charge is 0.303 e. The maximum Gasteiger partial charge on any atom is 0.0455 e. The van der Waals surface area contributed by atoms with Gasteiger partial charge in [-0.1, -0.05) is 71.6 Å². The van der Waals surface area contributed by atoms with Crippen LogP contribution in [0.5, 0.6) is 0 Å². The molecule has 0 aromatic rings. The van der Waals surface area contributed by atoms with Crippen molar-refractivity contribution in [1.82, 2.24) is 10.6 Å². The minimum atomic E-state index is 1.00. The fraction of sp³-hybridized carbons (Fsp3) is 1.00. The van der Waals surface area contributed by atoms with Crippen molar-refractivity contribution in [3.05, 3.63) is 0 Å². The van der Waals surface area contributed by atoms with E-state index in [0.29, 0.717) is 0 Å². The Balaban J connectivity index is 0.000000368. The van der Waals surface area contributed by atoms with Crippen LogP contribution in [0.2, 0.25) is 0 Å². The molecule has 1 aliphatic heterocycles. The third-order valence-electron chi connectivity index (χ3n) is 2.94. The molecule has 1 heterocycles. The van der Waals surface area contributed by atoms with Crippen LogP contribution in [-0.4, -0.2) is 19.8 Å². The monoisotopic (exact) mass is 228 g/mol. The van der Waals surface area contributed by atoms with Gasteiger partial charge in [0.15, 0.2) is 0 Å². The van der Waals surface area contributed by atoms with Gasteiger partial charge in [0.1, 0.15) is 0 Å². The van der Waals surface area contributed by atoms with E-state index in [1.165, 1.54) is 57.8 Å². The SMILES string of the molecule is C1CNCN1.CCCCCCCCCCC. The predicted octanol–water partition coefficient (Wildman–Crippen LogP) is 3.67. The molecule has 0 unspecified atom stereocenters. The first-order valence-corrected chi connectivity index (χ1v) is 7.33. The van der Waals surface area contributed by atoms with Crippen LogP contribution in [-0.2, 0) is 0 Å². The first kappa shape index (κ1) is 15.9. The van der Waals surface area contributed by atoms with E-state index in [-0.39, 0.29) is 0 Å². The van der Waals surface area contributed by atoms with Crippen LogP contribution in [0.3, 0.4) is 0 Å². The van der Waals surface area contributed by atoms with Crippen molar-refractivity contribution in [1.29, 1.82) is 0 Å². The quantitative estimate of drug-likeness (QED) is 0.619. The Kier molecular flexibility index (Phi) is 14.8. The van der Waals surface area contributed by atoms with Crippen LogP contribution in [0, 0.1) is 0 Å². The summed E-state index contributed by atoms with van der Waals surface area (Å²) in [5.74, 6) is 0. The van der Waals surface area contributed by atoms with Crippen LogP contribution in [0.25, 0.3) is 0 Å². The molecule has 0 spiro atoms. The summed E-state index contributed by atoms with van der Waals surface area (Å²) in [4.78, 5) is 0. The minimum Gasteiger partial charge on any atom is -0.303 e. The van der Waals surface area contributed by atoms with Gasteiger partial charge >= 0.3 is 0 Å². The maximum atomic E-state index is 3.11. The first-order chi connectivity index (χ1) is 7.91. The predicted molar refractivity (Wildman–Crippen MR) is 73.8 cm³/mol. The van der Waals surface area contributed by atoms with Gasteiger partial charge in [0, 0.05) is 19.8 Å². The van der Waals surface area contributed by atoms with Crippen LogP contribution in [0.15, 0.2) is 0 Å². The fourth-order valence-corrected chi connectivity index (χ4v) is 1.83. The number of nitrogens with one attached hydrogen (secondary N) is 2. The standard InChI is InChI=1S/C11H24.C3H8N2/c1-3-5-7-9-11-10-8-6-4-2;1-2-5-3-4-1/h3-11H2,1-2H3;4-5H,1-3H2. The van der Waals surface area contributed by atoms with Crippen molar-refractivity contribution in [3.63, 3.8) is 0 Å². The summed E-state index contributed by atoms with van der Waals surface area (Å²) in [6.07, 6.45) is 13.0. The normalized spacial score (nSPS) is 14.6. The summed E-state index contributed by atoms with van der Waals surface area (Å²) in [6, 6.07) is 0. The summed E-state index contributed by atoms with van der Waals surface area (Å²) >= 11 is 0. The third-order valence-corrected chi connectivity index (χ3v) is 2.94. The molecular formula is C14H32N2. The van der Waals surface area contributed by atoms with Gasteiger partial charge in [0.25, 0.3) is 0 Å². The average molecular weight is 228 g/mol. The zero-order chi connectivity index (χ0) is 11.9. The molecule has 0 atom stereocenters. The zero-order valence-corrected chi connectivity index (χ0v) is 11.5. The van der Waals surface area contributed by atoms with Gasteiger partial charge in [-0.3, -0.25) is 0 Å². The highest BCUT2D eigenvalue weighted by Gasteiger charge is 1.90. The van der Waals surface area contributed by atoms with Crippen LogP contribution >= 0.6 is 0 Å². The van der Waals surface area contributed by atoms with E-state index in [2.05, 4.69) is 24.5 Å². The van der Waals surface area contributed by atoms with Crippen molar-refractivity contribution < 1.29 is 0 Å². The van der Waals surface area contributed by atoms with Gasteiger partial charge < -0.3 is 10.6 Å². The van der Waals surface area contributed by atoms with Crippen molar-refractivity contribution >= 4 is 0 Å². The third kappa shape index (κ3) is 13.9. The molecule has 0 radical (unpaired) electrons. The van der Waals surface area contributed by atoms with Gasteiger partial charge in [-0.15, -0.1) is 0 Å². The molecule has 1 rings (SSSR count). The summed E-state index contributed by atoms with van der Waals surface area (Å²) in [7, 11) is 0. The number of rotatable bonds is 8. The summed E-state index contributed by atoms with van der Waals surface area (Å²) < 4.78 is 0. The van der Waals surface area contributed by atoms with Gasteiger partial charge in [-0.05, 0) is 0 Å². The van der Waals surface area contributed by atoms with Gasteiger partial charge in [-0.25, -0.2) is 0 Å². The van der Waals surface area contributed by atoms with Crippen LogP contribution < -0.4 is 10.6 Å². The van der Waals surface area contributed by atoms with Crippen LogP contribution in [0.1, 0.15) is 71.6 Å². The minimum absolute atomic E-state index is 1.00. The van der Waals surface area contributed by atoms with Crippen molar-refractivity contribution in [2.24, 2.45) is 0 Å². The lowest BCUT2D eigenvalue weighted by Gasteiger charge is -1.98. The summed E-state index contributed by atoms with van der Waals surface area (Å²) in [5, 5.41) is 6.22. The second-order valence-corrected chi connectivity index (χ2v) is 4.65. The molecule has 16 heavy (non-hydrogen) atoms. The summed E-state index contributed by atoms with van der Waals surface area (Å²) in [5.41, 5.74) is 0. The molecule has 0 bridgehead atoms. The van der Waals surface area contributed by atoms with Crippen molar-refractivity contribution in [2.45, 2.75) is 71.6 Å². The Morgan fingerprint density at radius 1 is 0.625 bits per heavy atom.